The van der Waals surface area contributed by atoms with Gasteiger partial charge in [-0.05, 0) is 24.1 Å². The van der Waals surface area contributed by atoms with Crippen LogP contribution in [0.4, 0.5) is 4.39 Å². The molecule has 3 amide bonds. The predicted octanol–water partition coefficient (Wildman–Crippen LogP) is 1.68. The van der Waals surface area contributed by atoms with E-state index in [1.807, 2.05) is 30.3 Å². The van der Waals surface area contributed by atoms with Gasteiger partial charge in [-0.2, -0.15) is 0 Å². The van der Waals surface area contributed by atoms with E-state index in [0.29, 0.717) is 19.5 Å². The molecule has 0 spiro atoms. The van der Waals surface area contributed by atoms with Gasteiger partial charge in [-0.15, -0.1) is 0 Å². The fraction of sp³-hybridized carbons (Fsp3) is 0.250. The van der Waals surface area contributed by atoms with Crippen molar-refractivity contribution in [3.8, 4) is 0 Å². The maximum atomic E-state index is 13.6. The van der Waals surface area contributed by atoms with Gasteiger partial charge in [-0.1, -0.05) is 42.5 Å². The number of nitrogens with one attached hydrogen (secondary N) is 2. The van der Waals surface area contributed by atoms with Gasteiger partial charge in [-0.3, -0.25) is 25.2 Å². The summed E-state index contributed by atoms with van der Waals surface area (Å²) < 4.78 is 13.6. The molecule has 6 nitrogen and oxygen atoms in total. The number of hydrogen-bond acceptors (Lipinski definition) is 3. The van der Waals surface area contributed by atoms with Crippen LogP contribution in [0.25, 0.3) is 0 Å². The first kappa shape index (κ1) is 18.6. The first-order valence-corrected chi connectivity index (χ1v) is 8.71. The van der Waals surface area contributed by atoms with Crippen molar-refractivity contribution in [1.29, 1.82) is 0 Å². The molecule has 1 atom stereocenters. The number of amides is 3. The zero-order chi connectivity index (χ0) is 19.2. The maximum Gasteiger partial charge on any atom is 0.272 e. The Bertz CT molecular complexity index is 841. The normalized spacial score (nSPS) is 16.3. The van der Waals surface area contributed by atoms with E-state index in [4.69, 9.17) is 0 Å². The number of nitrogens with zero attached hydrogens (tertiary/aromatic N) is 1. The van der Waals surface area contributed by atoms with Crippen molar-refractivity contribution in [3.63, 3.8) is 0 Å². The van der Waals surface area contributed by atoms with E-state index in [-0.39, 0.29) is 17.9 Å². The van der Waals surface area contributed by atoms with Crippen LogP contribution in [-0.2, 0) is 16.0 Å². The number of halogens is 1. The van der Waals surface area contributed by atoms with Gasteiger partial charge in [-0.25, -0.2) is 4.39 Å². The summed E-state index contributed by atoms with van der Waals surface area (Å²) in [6, 6.07) is 15.3. The maximum absolute atomic E-state index is 13.6. The number of carbonyl (C=O) groups is 3. The molecule has 1 aliphatic heterocycles. The van der Waals surface area contributed by atoms with E-state index in [9.17, 15) is 18.8 Å². The third-order valence-electron chi connectivity index (χ3n) is 4.52. The molecule has 1 fully saturated rings. The zero-order valence-electron chi connectivity index (χ0n) is 14.7. The highest BCUT2D eigenvalue weighted by Gasteiger charge is 2.34. The highest BCUT2D eigenvalue weighted by molar-refractivity contribution is 5.96. The monoisotopic (exact) mass is 369 g/mol. The minimum absolute atomic E-state index is 0.0912. The van der Waals surface area contributed by atoms with E-state index >= 15 is 0 Å². The van der Waals surface area contributed by atoms with Crippen molar-refractivity contribution in [2.75, 3.05) is 13.1 Å². The SMILES string of the molecule is O=C(NNC(=O)C1CC(=O)N(CCc2ccccc2)C1)c1ccccc1F. The summed E-state index contributed by atoms with van der Waals surface area (Å²) in [5, 5.41) is 0. The average molecular weight is 369 g/mol. The lowest BCUT2D eigenvalue weighted by molar-refractivity contribution is -0.129. The third kappa shape index (κ3) is 4.69. The summed E-state index contributed by atoms with van der Waals surface area (Å²) in [6.45, 7) is 0.835. The Kier molecular flexibility index (Phi) is 5.80. The van der Waals surface area contributed by atoms with E-state index in [0.717, 1.165) is 11.6 Å². The fourth-order valence-electron chi connectivity index (χ4n) is 3.01. The van der Waals surface area contributed by atoms with Gasteiger partial charge in [0.1, 0.15) is 5.82 Å². The lowest BCUT2D eigenvalue weighted by Crippen LogP contribution is -2.45. The van der Waals surface area contributed by atoms with Crippen LogP contribution < -0.4 is 10.9 Å². The lowest BCUT2D eigenvalue weighted by Gasteiger charge is -2.16. The quantitative estimate of drug-likeness (QED) is 0.787. The predicted molar refractivity (Wildman–Crippen MR) is 96.8 cm³/mol. The first-order valence-electron chi connectivity index (χ1n) is 8.71. The number of rotatable bonds is 5. The van der Waals surface area contributed by atoms with Crippen LogP contribution in [0.5, 0.6) is 0 Å². The lowest BCUT2D eigenvalue weighted by atomic mass is 10.1. The number of hydrogen-bond donors (Lipinski definition) is 2. The van der Waals surface area contributed by atoms with E-state index in [1.165, 1.54) is 18.2 Å². The molecule has 27 heavy (non-hydrogen) atoms. The second-order valence-corrected chi connectivity index (χ2v) is 6.40. The molecule has 0 aromatic heterocycles. The van der Waals surface area contributed by atoms with Crippen molar-refractivity contribution in [2.24, 2.45) is 5.92 Å². The summed E-state index contributed by atoms with van der Waals surface area (Å²) in [5.41, 5.74) is 5.44. The summed E-state index contributed by atoms with van der Waals surface area (Å²) in [5.74, 6) is -2.52. The molecular weight excluding hydrogens is 349 g/mol. The third-order valence-corrected chi connectivity index (χ3v) is 4.52. The van der Waals surface area contributed by atoms with Gasteiger partial charge in [0, 0.05) is 19.5 Å². The molecule has 1 heterocycles. The molecule has 7 heteroatoms. The van der Waals surface area contributed by atoms with Gasteiger partial charge < -0.3 is 4.90 Å². The van der Waals surface area contributed by atoms with Gasteiger partial charge in [0.2, 0.25) is 11.8 Å². The molecule has 2 aromatic carbocycles. The number of likely N-dealkylation sites (tertiary alicyclic amines) is 1. The molecule has 140 valence electrons. The standard InChI is InChI=1S/C20H20FN3O3/c21-17-9-5-4-8-16(17)20(27)23-22-19(26)15-12-18(25)24(13-15)11-10-14-6-2-1-3-7-14/h1-9,15H,10-13H2,(H,22,26)(H,23,27). The Morgan fingerprint density at radius 2 is 1.74 bits per heavy atom. The van der Waals surface area contributed by atoms with Crippen LogP contribution in [0.1, 0.15) is 22.3 Å². The van der Waals surface area contributed by atoms with Crippen LogP contribution in [0.3, 0.4) is 0 Å². The van der Waals surface area contributed by atoms with Crippen molar-refractivity contribution in [2.45, 2.75) is 12.8 Å². The zero-order valence-corrected chi connectivity index (χ0v) is 14.7. The average Bonchev–Trinajstić information content (AvgIpc) is 3.06. The van der Waals surface area contributed by atoms with Crippen LogP contribution in [0, 0.1) is 11.7 Å². The Morgan fingerprint density at radius 3 is 2.48 bits per heavy atom. The van der Waals surface area contributed by atoms with Gasteiger partial charge >= 0.3 is 0 Å². The van der Waals surface area contributed by atoms with Crippen LogP contribution >= 0.6 is 0 Å². The minimum Gasteiger partial charge on any atom is -0.342 e. The largest absolute Gasteiger partial charge is 0.342 e. The summed E-state index contributed by atoms with van der Waals surface area (Å²) in [4.78, 5) is 37.9. The molecule has 2 aromatic rings. The molecule has 1 aliphatic rings. The molecule has 1 unspecified atom stereocenters. The molecule has 1 saturated heterocycles. The highest BCUT2D eigenvalue weighted by atomic mass is 19.1. The fourth-order valence-corrected chi connectivity index (χ4v) is 3.01. The second-order valence-electron chi connectivity index (χ2n) is 6.40. The van der Waals surface area contributed by atoms with Crippen molar-refractivity contribution < 1.29 is 18.8 Å². The van der Waals surface area contributed by atoms with Crippen LogP contribution in [0.15, 0.2) is 54.6 Å². The molecule has 2 N–H and O–H groups in total. The number of carbonyl (C=O) groups excluding carboxylic acids is 3. The molecule has 0 saturated carbocycles. The van der Waals surface area contributed by atoms with Crippen LogP contribution in [0.2, 0.25) is 0 Å². The summed E-state index contributed by atoms with van der Waals surface area (Å²) in [6.07, 6.45) is 0.807. The van der Waals surface area contributed by atoms with E-state index in [1.54, 1.807) is 4.90 Å². The van der Waals surface area contributed by atoms with Gasteiger partial charge in [0.15, 0.2) is 0 Å². The van der Waals surface area contributed by atoms with Gasteiger partial charge in [0.25, 0.3) is 5.91 Å². The van der Waals surface area contributed by atoms with Crippen molar-refractivity contribution >= 4 is 17.7 Å². The summed E-state index contributed by atoms with van der Waals surface area (Å²) >= 11 is 0. The molecule has 0 bridgehead atoms. The number of hydrazine groups is 1. The Morgan fingerprint density at radius 1 is 1.04 bits per heavy atom. The smallest absolute Gasteiger partial charge is 0.272 e. The molecule has 0 radical (unpaired) electrons. The highest BCUT2D eigenvalue weighted by Crippen LogP contribution is 2.18. The molecule has 3 rings (SSSR count). The summed E-state index contributed by atoms with van der Waals surface area (Å²) in [7, 11) is 0. The Hall–Kier alpha value is -3.22. The minimum atomic E-state index is -0.744. The van der Waals surface area contributed by atoms with E-state index < -0.39 is 23.5 Å². The Labute approximate surface area is 156 Å². The first-order chi connectivity index (χ1) is 13.0. The molecule has 0 aliphatic carbocycles. The van der Waals surface area contributed by atoms with E-state index in [2.05, 4.69) is 10.9 Å². The van der Waals surface area contributed by atoms with Crippen molar-refractivity contribution in [1.82, 2.24) is 15.8 Å². The van der Waals surface area contributed by atoms with Gasteiger partial charge in [0.05, 0.1) is 11.5 Å². The molecular formula is C20H20FN3O3. The van der Waals surface area contributed by atoms with Crippen molar-refractivity contribution in [3.05, 3.63) is 71.5 Å². The van der Waals surface area contributed by atoms with Crippen LogP contribution in [-0.4, -0.2) is 35.7 Å². The Balaban J connectivity index is 1.48. The topological polar surface area (TPSA) is 78.5 Å². The second kappa shape index (κ2) is 8.44. The number of benzene rings is 2.